The maximum atomic E-state index is 10.1. The van der Waals surface area contributed by atoms with E-state index in [-0.39, 0.29) is 6.10 Å². The van der Waals surface area contributed by atoms with Gasteiger partial charge in [0.2, 0.25) is 0 Å². The second-order valence-corrected chi connectivity index (χ2v) is 4.44. The summed E-state index contributed by atoms with van der Waals surface area (Å²) in [5.74, 6) is 0.853. The molecule has 2 rings (SSSR count). The fourth-order valence-electron chi connectivity index (χ4n) is 2.39. The van der Waals surface area contributed by atoms with Crippen LogP contribution in [0.3, 0.4) is 0 Å². The summed E-state index contributed by atoms with van der Waals surface area (Å²) in [5, 5.41) is 10.1. The van der Waals surface area contributed by atoms with Gasteiger partial charge in [-0.3, -0.25) is 0 Å². The van der Waals surface area contributed by atoms with Crippen molar-refractivity contribution in [3.05, 3.63) is 35.4 Å². The first-order valence-electron chi connectivity index (χ1n) is 5.68. The van der Waals surface area contributed by atoms with E-state index in [1.807, 2.05) is 19.1 Å². The second-order valence-electron chi connectivity index (χ2n) is 4.44. The fourth-order valence-corrected chi connectivity index (χ4v) is 2.39. The van der Waals surface area contributed by atoms with Crippen molar-refractivity contribution < 1.29 is 9.84 Å². The molecule has 0 aromatic heterocycles. The van der Waals surface area contributed by atoms with Gasteiger partial charge in [0.05, 0.1) is 13.2 Å². The van der Waals surface area contributed by atoms with E-state index < -0.39 is 0 Å². The van der Waals surface area contributed by atoms with E-state index in [1.54, 1.807) is 7.11 Å². The number of benzene rings is 1. The number of allylic oxidation sites excluding steroid dienone is 1. The van der Waals surface area contributed by atoms with Crippen LogP contribution >= 0.6 is 0 Å². The summed E-state index contributed by atoms with van der Waals surface area (Å²) in [7, 11) is 1.67. The van der Waals surface area contributed by atoms with Crippen LogP contribution < -0.4 is 4.74 Å². The number of rotatable bonds is 2. The second kappa shape index (κ2) is 4.30. The Bertz CT molecular complexity index is 421. The first-order chi connectivity index (χ1) is 7.63. The van der Waals surface area contributed by atoms with Crippen molar-refractivity contribution in [1.29, 1.82) is 0 Å². The number of hydrogen-bond acceptors (Lipinski definition) is 2. The van der Waals surface area contributed by atoms with Crippen LogP contribution in [0.25, 0.3) is 5.57 Å². The first-order valence-corrected chi connectivity index (χ1v) is 5.68. The molecule has 0 saturated carbocycles. The summed E-state index contributed by atoms with van der Waals surface area (Å²) in [5.41, 5.74) is 4.29. The molecule has 0 spiro atoms. The average Bonchev–Trinajstić information content (AvgIpc) is 2.27. The van der Waals surface area contributed by atoms with E-state index in [9.17, 15) is 5.11 Å². The van der Waals surface area contributed by atoms with Gasteiger partial charge in [-0.15, -0.1) is 0 Å². The molecular weight excluding hydrogens is 200 g/mol. The van der Waals surface area contributed by atoms with E-state index in [0.717, 1.165) is 41.7 Å². The molecule has 0 heterocycles. The van der Waals surface area contributed by atoms with Crippen molar-refractivity contribution in [3.8, 4) is 5.75 Å². The minimum Gasteiger partial charge on any atom is -0.497 e. The van der Waals surface area contributed by atoms with E-state index >= 15 is 0 Å². The lowest BCUT2D eigenvalue weighted by molar-refractivity contribution is 0.156. The molecule has 0 bridgehead atoms. The fraction of sp³-hybridized carbons (Fsp3) is 0.429. The third kappa shape index (κ3) is 1.85. The molecule has 0 saturated heterocycles. The zero-order valence-corrected chi connectivity index (χ0v) is 9.92. The Morgan fingerprint density at radius 2 is 2.25 bits per heavy atom. The summed E-state index contributed by atoms with van der Waals surface area (Å²) in [6.07, 6.45) is 2.56. The largest absolute Gasteiger partial charge is 0.497 e. The van der Waals surface area contributed by atoms with Crippen molar-refractivity contribution >= 4 is 5.57 Å². The van der Waals surface area contributed by atoms with Crippen molar-refractivity contribution in [2.75, 3.05) is 7.11 Å². The first kappa shape index (κ1) is 11.2. The lowest BCUT2D eigenvalue weighted by Crippen LogP contribution is -2.12. The number of methoxy groups -OCH3 is 1. The molecule has 0 fully saturated rings. The van der Waals surface area contributed by atoms with Crippen molar-refractivity contribution in [3.63, 3.8) is 0 Å². The zero-order chi connectivity index (χ0) is 11.7. The van der Waals surface area contributed by atoms with Gasteiger partial charge in [0, 0.05) is 0 Å². The van der Waals surface area contributed by atoms with Gasteiger partial charge < -0.3 is 9.84 Å². The van der Waals surface area contributed by atoms with Gasteiger partial charge in [0.15, 0.2) is 0 Å². The predicted octanol–water partition coefficient (Wildman–Crippen LogP) is 3.10. The van der Waals surface area contributed by atoms with Crippen LogP contribution in [0.2, 0.25) is 0 Å². The molecule has 1 atom stereocenters. The highest BCUT2D eigenvalue weighted by Crippen LogP contribution is 2.37. The molecule has 1 N–H and O–H groups in total. The third-order valence-corrected chi connectivity index (χ3v) is 3.19. The van der Waals surface area contributed by atoms with Gasteiger partial charge in [-0.2, -0.15) is 0 Å². The Labute approximate surface area is 96.6 Å². The van der Waals surface area contributed by atoms with Crippen molar-refractivity contribution in [2.45, 2.75) is 32.3 Å². The SMILES string of the molecule is C=C(C)c1cc(OC)cc2c1C(O)CCC2. The summed E-state index contributed by atoms with van der Waals surface area (Å²) in [6, 6.07) is 4.00. The molecule has 16 heavy (non-hydrogen) atoms. The maximum absolute atomic E-state index is 10.1. The van der Waals surface area contributed by atoms with Crippen LogP contribution in [0.15, 0.2) is 18.7 Å². The van der Waals surface area contributed by atoms with Gasteiger partial charge in [-0.1, -0.05) is 12.2 Å². The Morgan fingerprint density at radius 1 is 1.50 bits per heavy atom. The third-order valence-electron chi connectivity index (χ3n) is 3.19. The van der Waals surface area contributed by atoms with Crippen molar-refractivity contribution in [2.24, 2.45) is 0 Å². The number of aliphatic hydroxyl groups is 1. The lowest BCUT2D eigenvalue weighted by Gasteiger charge is -2.25. The Morgan fingerprint density at radius 3 is 2.88 bits per heavy atom. The molecule has 86 valence electrons. The molecule has 1 aliphatic carbocycles. The van der Waals surface area contributed by atoms with Crippen LogP contribution in [0, 0.1) is 0 Å². The highest BCUT2D eigenvalue weighted by molar-refractivity contribution is 5.68. The molecule has 1 unspecified atom stereocenters. The quantitative estimate of drug-likeness (QED) is 0.826. The smallest absolute Gasteiger partial charge is 0.119 e. The molecule has 2 nitrogen and oxygen atoms in total. The molecule has 1 aromatic carbocycles. The van der Waals surface area contributed by atoms with Crippen LogP contribution in [-0.2, 0) is 6.42 Å². The summed E-state index contributed by atoms with van der Waals surface area (Å²) >= 11 is 0. The monoisotopic (exact) mass is 218 g/mol. The molecule has 2 heteroatoms. The van der Waals surface area contributed by atoms with Gasteiger partial charge in [0.1, 0.15) is 5.75 Å². The highest BCUT2D eigenvalue weighted by atomic mass is 16.5. The standard InChI is InChI=1S/C14H18O2/c1-9(2)12-8-11(16-3)7-10-5-4-6-13(15)14(10)12/h7-8,13,15H,1,4-6H2,2-3H3. The van der Waals surface area contributed by atoms with Gasteiger partial charge in [0.25, 0.3) is 0 Å². The number of hydrogen-bond donors (Lipinski definition) is 1. The molecular formula is C14H18O2. The Balaban J connectivity index is 2.61. The molecule has 1 aliphatic rings. The Kier molecular flexibility index (Phi) is 3.01. The molecule has 0 amide bonds. The predicted molar refractivity (Wildman–Crippen MR) is 65.6 cm³/mol. The average molecular weight is 218 g/mol. The van der Waals surface area contributed by atoms with E-state index in [2.05, 4.69) is 6.58 Å². The minimum absolute atomic E-state index is 0.346. The van der Waals surface area contributed by atoms with E-state index in [0.29, 0.717) is 0 Å². The normalized spacial score (nSPS) is 19.1. The zero-order valence-electron chi connectivity index (χ0n) is 9.92. The minimum atomic E-state index is -0.346. The number of ether oxygens (including phenoxy) is 1. The van der Waals surface area contributed by atoms with E-state index in [4.69, 9.17) is 4.74 Å². The topological polar surface area (TPSA) is 29.5 Å². The number of aliphatic hydroxyl groups excluding tert-OH is 1. The van der Waals surface area contributed by atoms with E-state index in [1.165, 1.54) is 5.56 Å². The summed E-state index contributed by atoms with van der Waals surface area (Å²) in [6.45, 7) is 5.95. The molecule has 0 radical (unpaired) electrons. The summed E-state index contributed by atoms with van der Waals surface area (Å²) in [4.78, 5) is 0. The number of fused-ring (bicyclic) bond motifs is 1. The van der Waals surface area contributed by atoms with Crippen LogP contribution in [0.4, 0.5) is 0 Å². The molecule has 0 aliphatic heterocycles. The van der Waals surface area contributed by atoms with Gasteiger partial charge in [-0.05, 0) is 55.0 Å². The Hall–Kier alpha value is -1.28. The summed E-state index contributed by atoms with van der Waals surface area (Å²) < 4.78 is 5.28. The maximum Gasteiger partial charge on any atom is 0.119 e. The van der Waals surface area contributed by atoms with Crippen molar-refractivity contribution in [1.82, 2.24) is 0 Å². The van der Waals surface area contributed by atoms with Crippen LogP contribution in [-0.4, -0.2) is 12.2 Å². The van der Waals surface area contributed by atoms with Crippen LogP contribution in [0.1, 0.15) is 42.6 Å². The number of aryl methyl sites for hydroxylation is 1. The highest BCUT2D eigenvalue weighted by Gasteiger charge is 2.22. The van der Waals surface area contributed by atoms with Gasteiger partial charge in [-0.25, -0.2) is 0 Å². The van der Waals surface area contributed by atoms with Crippen LogP contribution in [0.5, 0.6) is 5.75 Å². The lowest BCUT2D eigenvalue weighted by atomic mass is 9.84. The molecule has 1 aromatic rings. The van der Waals surface area contributed by atoms with Gasteiger partial charge >= 0.3 is 0 Å².